The van der Waals surface area contributed by atoms with Crippen molar-refractivity contribution in [3.05, 3.63) is 24.3 Å². The van der Waals surface area contributed by atoms with Crippen molar-refractivity contribution in [2.45, 2.75) is 6.10 Å². The normalized spacial score (nSPS) is 19.2. The summed E-state index contributed by atoms with van der Waals surface area (Å²) in [6.07, 6.45) is -0.548. The molecule has 0 spiro atoms. The minimum atomic E-state index is -0.548. The van der Waals surface area contributed by atoms with Crippen LogP contribution in [0.5, 0.6) is 0 Å². The van der Waals surface area contributed by atoms with Gasteiger partial charge in [-0.3, -0.25) is 4.79 Å². The summed E-state index contributed by atoms with van der Waals surface area (Å²) in [5.41, 5.74) is 6.85. The van der Waals surface area contributed by atoms with Crippen LogP contribution in [-0.4, -0.2) is 31.8 Å². The summed E-state index contributed by atoms with van der Waals surface area (Å²) in [5, 5.41) is 2.71. The molecule has 17 heavy (non-hydrogen) atoms. The third kappa shape index (κ3) is 3.59. The average molecular weight is 259 g/mol. The van der Waals surface area contributed by atoms with Crippen LogP contribution in [0, 0.1) is 0 Å². The molecule has 1 unspecified atom stereocenters. The lowest BCUT2D eigenvalue weighted by atomic mass is 10.2. The quantitative estimate of drug-likeness (QED) is 0.778. The second-order valence-electron chi connectivity index (χ2n) is 3.51. The Morgan fingerprint density at radius 3 is 2.76 bits per heavy atom. The number of ether oxygens (including phenoxy) is 2. The van der Waals surface area contributed by atoms with E-state index in [-0.39, 0.29) is 18.3 Å². The topological polar surface area (TPSA) is 73.6 Å². The van der Waals surface area contributed by atoms with Gasteiger partial charge in [0.1, 0.15) is 0 Å². The van der Waals surface area contributed by atoms with E-state index in [0.29, 0.717) is 31.2 Å². The van der Waals surface area contributed by atoms with Crippen molar-refractivity contribution in [1.29, 1.82) is 0 Å². The summed E-state index contributed by atoms with van der Waals surface area (Å²) >= 11 is 0. The number of nitrogen functional groups attached to an aromatic ring is 1. The zero-order valence-corrected chi connectivity index (χ0v) is 10.0. The van der Waals surface area contributed by atoms with Crippen LogP contribution in [0.2, 0.25) is 0 Å². The first-order chi connectivity index (χ1) is 7.77. The lowest BCUT2D eigenvalue weighted by Gasteiger charge is -2.22. The van der Waals surface area contributed by atoms with Gasteiger partial charge in [-0.05, 0) is 12.1 Å². The summed E-state index contributed by atoms with van der Waals surface area (Å²) in [4.78, 5) is 11.7. The van der Waals surface area contributed by atoms with Crippen LogP contribution in [0.4, 0.5) is 11.4 Å². The first-order valence-electron chi connectivity index (χ1n) is 5.12. The number of nitrogens with one attached hydrogen (secondary N) is 1. The highest BCUT2D eigenvalue weighted by atomic mass is 35.5. The summed E-state index contributed by atoms with van der Waals surface area (Å²) in [6, 6.07) is 7.10. The van der Waals surface area contributed by atoms with Gasteiger partial charge in [0.2, 0.25) is 0 Å². The summed E-state index contributed by atoms with van der Waals surface area (Å²) in [7, 11) is 0. The Balaban J connectivity index is 0.00000144. The smallest absolute Gasteiger partial charge is 0.255 e. The zero-order valence-electron chi connectivity index (χ0n) is 9.22. The van der Waals surface area contributed by atoms with E-state index in [2.05, 4.69) is 5.32 Å². The van der Waals surface area contributed by atoms with Crippen molar-refractivity contribution >= 4 is 29.7 Å². The fourth-order valence-corrected chi connectivity index (χ4v) is 1.46. The number of benzene rings is 1. The molecule has 1 amide bonds. The zero-order chi connectivity index (χ0) is 11.4. The maximum atomic E-state index is 11.7. The molecule has 0 radical (unpaired) electrons. The van der Waals surface area contributed by atoms with Crippen LogP contribution in [0.15, 0.2) is 24.3 Å². The van der Waals surface area contributed by atoms with Crippen LogP contribution >= 0.6 is 12.4 Å². The molecule has 1 aromatic rings. The van der Waals surface area contributed by atoms with E-state index in [4.69, 9.17) is 15.2 Å². The maximum absolute atomic E-state index is 11.7. The fourth-order valence-electron chi connectivity index (χ4n) is 1.46. The molecule has 1 fully saturated rings. The Morgan fingerprint density at radius 2 is 2.12 bits per heavy atom. The summed E-state index contributed by atoms with van der Waals surface area (Å²) in [6.45, 7) is 1.28. The molecule has 0 saturated carbocycles. The van der Waals surface area contributed by atoms with E-state index in [1.54, 1.807) is 12.1 Å². The highest BCUT2D eigenvalue weighted by molar-refractivity contribution is 5.96. The summed E-state index contributed by atoms with van der Waals surface area (Å²) < 4.78 is 10.4. The lowest BCUT2D eigenvalue weighted by molar-refractivity contribution is -0.142. The molecule has 6 heteroatoms. The largest absolute Gasteiger partial charge is 0.397 e. The van der Waals surface area contributed by atoms with Gasteiger partial charge in [-0.25, -0.2) is 0 Å². The minimum Gasteiger partial charge on any atom is -0.397 e. The Bertz CT molecular complexity index is 381. The lowest BCUT2D eigenvalue weighted by Crippen LogP contribution is -2.39. The number of halogens is 1. The van der Waals surface area contributed by atoms with E-state index < -0.39 is 6.10 Å². The highest BCUT2D eigenvalue weighted by Gasteiger charge is 2.22. The number of anilines is 2. The molecule has 1 heterocycles. The Kier molecular flexibility index (Phi) is 5.21. The highest BCUT2D eigenvalue weighted by Crippen LogP contribution is 2.17. The van der Waals surface area contributed by atoms with Crippen molar-refractivity contribution in [3.63, 3.8) is 0 Å². The number of rotatable bonds is 2. The van der Waals surface area contributed by atoms with E-state index in [0.717, 1.165) is 0 Å². The van der Waals surface area contributed by atoms with Gasteiger partial charge in [0.25, 0.3) is 5.91 Å². The van der Waals surface area contributed by atoms with E-state index >= 15 is 0 Å². The average Bonchev–Trinajstić information content (AvgIpc) is 2.33. The van der Waals surface area contributed by atoms with Crippen LogP contribution in [0.25, 0.3) is 0 Å². The van der Waals surface area contributed by atoms with Gasteiger partial charge >= 0.3 is 0 Å². The molecule has 1 atom stereocenters. The minimum absolute atomic E-state index is 0. The van der Waals surface area contributed by atoms with Crippen molar-refractivity contribution in [2.75, 3.05) is 30.9 Å². The van der Waals surface area contributed by atoms with Gasteiger partial charge in [-0.2, -0.15) is 0 Å². The van der Waals surface area contributed by atoms with Crippen molar-refractivity contribution in [1.82, 2.24) is 0 Å². The molecule has 5 nitrogen and oxygen atoms in total. The molecule has 94 valence electrons. The molecule has 1 aliphatic rings. The van der Waals surface area contributed by atoms with E-state index in [9.17, 15) is 4.79 Å². The van der Waals surface area contributed by atoms with Gasteiger partial charge in [0.05, 0.1) is 31.2 Å². The van der Waals surface area contributed by atoms with Crippen LogP contribution in [-0.2, 0) is 14.3 Å². The molecule has 0 aromatic heterocycles. The predicted octanol–water partition coefficient (Wildman–Crippen LogP) is 1.04. The van der Waals surface area contributed by atoms with Gasteiger partial charge in [0.15, 0.2) is 6.10 Å². The van der Waals surface area contributed by atoms with Crippen molar-refractivity contribution in [3.8, 4) is 0 Å². The second kappa shape index (κ2) is 6.44. The fraction of sp³-hybridized carbons (Fsp3) is 0.364. The number of nitrogens with two attached hydrogens (primary N) is 1. The third-order valence-electron chi connectivity index (χ3n) is 2.33. The van der Waals surface area contributed by atoms with Crippen molar-refractivity contribution < 1.29 is 14.3 Å². The number of amides is 1. The third-order valence-corrected chi connectivity index (χ3v) is 2.33. The first kappa shape index (κ1) is 13.8. The molecule has 1 aromatic carbocycles. The Labute approximate surface area is 106 Å². The number of para-hydroxylation sites is 2. The number of hydrogen-bond acceptors (Lipinski definition) is 4. The number of carbonyl (C=O) groups excluding carboxylic acids is 1. The SMILES string of the molecule is Cl.Nc1ccccc1NC(=O)C1COCCO1. The standard InChI is InChI=1S/C11H14N2O3.ClH/c12-8-3-1-2-4-9(8)13-11(14)10-7-15-5-6-16-10;/h1-4,10H,5-7,12H2,(H,13,14);1H. The molecular formula is C11H15ClN2O3. The summed E-state index contributed by atoms with van der Waals surface area (Å²) in [5.74, 6) is -0.224. The van der Waals surface area contributed by atoms with Gasteiger partial charge < -0.3 is 20.5 Å². The molecule has 0 bridgehead atoms. The predicted molar refractivity (Wildman–Crippen MR) is 67.3 cm³/mol. The Morgan fingerprint density at radius 1 is 1.35 bits per heavy atom. The second-order valence-corrected chi connectivity index (χ2v) is 3.51. The monoisotopic (exact) mass is 258 g/mol. The Hall–Kier alpha value is -1.30. The molecular weight excluding hydrogens is 244 g/mol. The molecule has 1 saturated heterocycles. The van der Waals surface area contributed by atoms with E-state index in [1.165, 1.54) is 0 Å². The van der Waals surface area contributed by atoms with Crippen LogP contribution in [0.1, 0.15) is 0 Å². The first-order valence-corrected chi connectivity index (χ1v) is 5.12. The van der Waals surface area contributed by atoms with E-state index in [1.807, 2.05) is 12.1 Å². The molecule has 3 N–H and O–H groups in total. The molecule has 1 aliphatic heterocycles. The van der Waals surface area contributed by atoms with Crippen LogP contribution in [0.3, 0.4) is 0 Å². The number of carbonyl (C=O) groups is 1. The van der Waals surface area contributed by atoms with Gasteiger partial charge in [-0.15, -0.1) is 12.4 Å². The molecule has 2 rings (SSSR count). The number of hydrogen-bond donors (Lipinski definition) is 2. The van der Waals surface area contributed by atoms with Gasteiger partial charge in [-0.1, -0.05) is 12.1 Å². The van der Waals surface area contributed by atoms with Crippen LogP contribution < -0.4 is 11.1 Å². The van der Waals surface area contributed by atoms with Gasteiger partial charge in [0, 0.05) is 0 Å². The maximum Gasteiger partial charge on any atom is 0.255 e. The van der Waals surface area contributed by atoms with Crippen molar-refractivity contribution in [2.24, 2.45) is 0 Å². The molecule has 0 aliphatic carbocycles.